The lowest BCUT2D eigenvalue weighted by Gasteiger charge is -2.29. The maximum Gasteiger partial charge on any atom is 0.261 e. The summed E-state index contributed by atoms with van der Waals surface area (Å²) in [5.74, 6) is -1.000. The van der Waals surface area contributed by atoms with Crippen LogP contribution in [0.3, 0.4) is 0 Å². The van der Waals surface area contributed by atoms with Crippen molar-refractivity contribution in [2.75, 3.05) is 31.1 Å². The molecule has 1 heterocycles. The van der Waals surface area contributed by atoms with Crippen molar-refractivity contribution < 1.29 is 22.8 Å². The molecule has 9 heteroatoms. The van der Waals surface area contributed by atoms with Crippen LogP contribution in [0.4, 0.5) is 5.69 Å². The Morgan fingerprint density at radius 2 is 1.33 bits per heavy atom. The van der Waals surface area contributed by atoms with E-state index in [0.29, 0.717) is 47.3 Å². The average molecular weight is 626 g/mol. The molecule has 8 nitrogen and oxygen atoms in total. The second-order valence-corrected chi connectivity index (χ2v) is 14.1. The fourth-order valence-corrected chi connectivity index (χ4v) is 7.26. The van der Waals surface area contributed by atoms with Gasteiger partial charge in [-0.2, -0.15) is 4.31 Å². The van der Waals surface area contributed by atoms with E-state index in [4.69, 9.17) is 0 Å². The summed E-state index contributed by atoms with van der Waals surface area (Å²) >= 11 is 0. The minimum atomic E-state index is -3.67. The summed E-state index contributed by atoms with van der Waals surface area (Å²) in [5.41, 5.74) is 3.02. The molecule has 0 saturated heterocycles. The van der Waals surface area contributed by atoms with E-state index in [9.17, 15) is 22.8 Å². The van der Waals surface area contributed by atoms with Crippen LogP contribution in [0.5, 0.6) is 0 Å². The molecule has 4 aromatic carbocycles. The van der Waals surface area contributed by atoms with Gasteiger partial charge in [-0.25, -0.2) is 8.42 Å². The predicted molar refractivity (Wildman–Crippen MR) is 177 cm³/mol. The van der Waals surface area contributed by atoms with Gasteiger partial charge >= 0.3 is 0 Å². The molecule has 1 aliphatic rings. The number of hydrogen-bond donors (Lipinski definition) is 0. The van der Waals surface area contributed by atoms with Crippen molar-refractivity contribution in [3.8, 4) is 0 Å². The number of anilines is 1. The van der Waals surface area contributed by atoms with Crippen molar-refractivity contribution in [3.05, 3.63) is 107 Å². The number of hydrogen-bond acceptors (Lipinski definition) is 5. The van der Waals surface area contributed by atoms with Crippen molar-refractivity contribution >= 4 is 44.2 Å². The van der Waals surface area contributed by atoms with E-state index in [1.165, 1.54) is 33.5 Å². The highest BCUT2D eigenvalue weighted by Gasteiger charge is 2.32. The zero-order valence-electron chi connectivity index (χ0n) is 26.4. The average Bonchev–Trinajstić information content (AvgIpc) is 3.03. The highest BCUT2D eigenvalue weighted by Crippen LogP contribution is 2.31. The number of sulfonamides is 1. The molecule has 1 aliphatic heterocycles. The quantitative estimate of drug-likeness (QED) is 0.188. The molecular weight excluding hydrogens is 586 g/mol. The number of rotatable bonds is 10. The molecule has 45 heavy (non-hydrogen) atoms. The Balaban J connectivity index is 1.40. The number of benzene rings is 4. The van der Waals surface area contributed by atoms with Gasteiger partial charge in [0.25, 0.3) is 17.7 Å². The van der Waals surface area contributed by atoms with Crippen molar-refractivity contribution in [2.45, 2.75) is 51.3 Å². The van der Waals surface area contributed by atoms with Gasteiger partial charge in [0.1, 0.15) is 0 Å². The second-order valence-electron chi connectivity index (χ2n) is 12.2. The maximum atomic E-state index is 14.0. The Morgan fingerprint density at radius 3 is 1.84 bits per heavy atom. The first kappa shape index (κ1) is 32.1. The fraction of sp³-hybridized carbons (Fsp3) is 0.306. The van der Waals surface area contributed by atoms with Gasteiger partial charge in [-0.15, -0.1) is 0 Å². The van der Waals surface area contributed by atoms with Crippen LogP contribution in [0.2, 0.25) is 0 Å². The largest absolute Gasteiger partial charge is 0.308 e. The topological polar surface area (TPSA) is 95.1 Å². The normalized spacial score (nSPS) is 13.5. The Morgan fingerprint density at radius 1 is 0.778 bits per heavy atom. The minimum absolute atomic E-state index is 0.0757. The van der Waals surface area contributed by atoms with Gasteiger partial charge in [0.05, 0.1) is 4.90 Å². The molecule has 0 saturated carbocycles. The van der Waals surface area contributed by atoms with Crippen molar-refractivity contribution in [1.82, 2.24) is 9.21 Å². The zero-order valence-corrected chi connectivity index (χ0v) is 27.2. The van der Waals surface area contributed by atoms with E-state index < -0.39 is 10.0 Å². The van der Waals surface area contributed by atoms with Crippen LogP contribution in [0.15, 0.2) is 89.8 Å². The zero-order chi connectivity index (χ0) is 32.5. The monoisotopic (exact) mass is 625 g/mol. The van der Waals surface area contributed by atoms with Crippen LogP contribution in [-0.4, -0.2) is 61.5 Å². The van der Waals surface area contributed by atoms with E-state index in [-0.39, 0.29) is 41.1 Å². The molecule has 0 fully saturated rings. The molecule has 0 spiro atoms. The van der Waals surface area contributed by atoms with Crippen LogP contribution in [0.1, 0.15) is 77.7 Å². The number of carbonyl (C=O) groups excluding carboxylic acids is 3. The maximum absolute atomic E-state index is 14.0. The molecule has 5 rings (SSSR count). The third-order valence-corrected chi connectivity index (χ3v) is 10.4. The molecule has 0 aromatic heterocycles. The van der Waals surface area contributed by atoms with E-state index in [1.54, 1.807) is 30.9 Å². The minimum Gasteiger partial charge on any atom is -0.308 e. The standard InChI is InChI=1S/C36H39N3O5S/c1-6-37(7-2)45(43,44)29-21-15-26(16-22-29)33(40)38(28-19-17-27(18-20-28)36(3,4)5)23-10-24-39-34(41)30-13-8-11-25-12-9-14-31(32(25)30)35(39)42/h8-9,11-22H,6-7,10,23-24H2,1-5H3. The molecule has 0 unspecified atom stereocenters. The Hall–Kier alpha value is -4.34. The Labute approximate surface area is 265 Å². The third kappa shape index (κ3) is 6.15. The molecule has 0 N–H and O–H groups in total. The van der Waals surface area contributed by atoms with Gasteiger partial charge in [-0.05, 0) is 71.3 Å². The lowest BCUT2D eigenvalue weighted by Crippen LogP contribution is -2.42. The van der Waals surface area contributed by atoms with Crippen LogP contribution >= 0.6 is 0 Å². The number of carbonyl (C=O) groups is 3. The molecular formula is C36H39N3O5S. The van der Waals surface area contributed by atoms with Crippen LogP contribution in [0, 0.1) is 0 Å². The van der Waals surface area contributed by atoms with E-state index in [1.807, 2.05) is 48.5 Å². The van der Waals surface area contributed by atoms with Crippen LogP contribution < -0.4 is 4.90 Å². The highest BCUT2D eigenvalue weighted by atomic mass is 32.2. The van der Waals surface area contributed by atoms with Gasteiger partial charge in [0.2, 0.25) is 10.0 Å². The summed E-state index contributed by atoms with van der Waals surface area (Å²) in [6.45, 7) is 11.0. The lowest BCUT2D eigenvalue weighted by atomic mass is 9.87. The molecule has 0 aliphatic carbocycles. The summed E-state index contributed by atoms with van der Waals surface area (Å²) in [6.07, 6.45) is 0.344. The summed E-state index contributed by atoms with van der Waals surface area (Å²) < 4.78 is 27.4. The Bertz CT molecular complexity index is 1810. The van der Waals surface area contributed by atoms with Crippen molar-refractivity contribution in [3.63, 3.8) is 0 Å². The van der Waals surface area contributed by atoms with Gasteiger partial charge in [0, 0.05) is 53.9 Å². The molecule has 4 aromatic rings. The summed E-state index contributed by atoms with van der Waals surface area (Å²) in [7, 11) is -3.67. The molecule has 0 radical (unpaired) electrons. The number of amides is 3. The molecule has 3 amide bonds. The molecule has 234 valence electrons. The Kier molecular flexibility index (Phi) is 8.96. The van der Waals surface area contributed by atoms with E-state index >= 15 is 0 Å². The van der Waals surface area contributed by atoms with Gasteiger partial charge in [-0.1, -0.05) is 71.0 Å². The van der Waals surface area contributed by atoms with Crippen molar-refractivity contribution in [1.29, 1.82) is 0 Å². The number of nitrogens with zero attached hydrogens (tertiary/aromatic N) is 3. The smallest absolute Gasteiger partial charge is 0.261 e. The summed E-state index contributed by atoms with van der Waals surface area (Å²) in [6, 6.07) is 24.6. The van der Waals surface area contributed by atoms with Gasteiger partial charge < -0.3 is 4.90 Å². The number of imide groups is 1. The first-order valence-electron chi connectivity index (χ1n) is 15.3. The SMILES string of the molecule is CCN(CC)S(=O)(=O)c1ccc(C(=O)N(CCCN2C(=O)c3cccc4cccc(c34)C2=O)c2ccc(C(C)(C)C)cc2)cc1. The fourth-order valence-electron chi connectivity index (χ4n) is 5.80. The molecule has 0 bridgehead atoms. The molecule has 0 atom stereocenters. The predicted octanol–water partition coefficient (Wildman–Crippen LogP) is 6.50. The highest BCUT2D eigenvalue weighted by molar-refractivity contribution is 7.89. The summed E-state index contributed by atoms with van der Waals surface area (Å²) in [5, 5.41) is 1.52. The van der Waals surface area contributed by atoms with Crippen molar-refractivity contribution in [2.24, 2.45) is 0 Å². The van der Waals surface area contributed by atoms with E-state index in [0.717, 1.165) is 10.9 Å². The second kappa shape index (κ2) is 12.6. The van der Waals surface area contributed by atoms with Gasteiger partial charge in [0.15, 0.2) is 0 Å². The first-order chi connectivity index (χ1) is 21.4. The lowest BCUT2D eigenvalue weighted by molar-refractivity contribution is 0.0610. The van der Waals surface area contributed by atoms with Crippen LogP contribution in [-0.2, 0) is 15.4 Å². The summed E-state index contributed by atoms with van der Waals surface area (Å²) in [4.78, 5) is 43.8. The van der Waals surface area contributed by atoms with E-state index in [2.05, 4.69) is 20.8 Å². The van der Waals surface area contributed by atoms with Crippen LogP contribution in [0.25, 0.3) is 10.8 Å². The first-order valence-corrected chi connectivity index (χ1v) is 16.7. The van der Waals surface area contributed by atoms with Gasteiger partial charge in [-0.3, -0.25) is 19.3 Å². The third-order valence-electron chi connectivity index (χ3n) is 8.35.